The molecule has 22 heavy (non-hydrogen) atoms. The van der Waals surface area contributed by atoms with Crippen molar-refractivity contribution < 1.29 is 4.74 Å². The van der Waals surface area contributed by atoms with Crippen LogP contribution in [0.1, 0.15) is 40.2 Å². The number of rotatable bonds is 9. The van der Waals surface area contributed by atoms with Crippen LogP contribution in [0.15, 0.2) is 4.79 Å². The molecule has 5 heteroatoms. The van der Waals surface area contributed by atoms with Gasteiger partial charge in [0.15, 0.2) is 0 Å². The molecule has 0 aliphatic heterocycles. The minimum Gasteiger partial charge on any atom is -0.378 e. The van der Waals surface area contributed by atoms with Crippen molar-refractivity contribution in [2.75, 3.05) is 51.3 Å². The van der Waals surface area contributed by atoms with Gasteiger partial charge in [0, 0.05) is 25.7 Å². The highest BCUT2D eigenvalue weighted by Gasteiger charge is 2.29. The van der Waals surface area contributed by atoms with E-state index in [9.17, 15) is 4.79 Å². The largest absolute Gasteiger partial charge is 0.378 e. The first-order valence-electron chi connectivity index (χ1n) is 8.09. The summed E-state index contributed by atoms with van der Waals surface area (Å²) in [5, 5.41) is 0. The van der Waals surface area contributed by atoms with Crippen molar-refractivity contribution in [2.24, 2.45) is 0 Å². The van der Waals surface area contributed by atoms with E-state index in [0.717, 1.165) is 37.5 Å². The van der Waals surface area contributed by atoms with Crippen molar-refractivity contribution in [1.29, 1.82) is 0 Å². The Hall–Kier alpha value is -0.780. The molecule has 0 spiro atoms. The van der Waals surface area contributed by atoms with Gasteiger partial charge in [-0.05, 0) is 18.5 Å². The van der Waals surface area contributed by atoms with Crippen LogP contribution in [0.2, 0.25) is 0 Å². The molecule has 0 fully saturated rings. The van der Waals surface area contributed by atoms with Crippen LogP contribution in [-0.2, 0) is 10.2 Å². The number of hydrogen-bond donors (Lipinski definition) is 0. The monoisotopic (exact) mass is 326 g/mol. The number of anilines is 1. The molecule has 0 unspecified atom stereocenters. The zero-order valence-electron chi connectivity index (χ0n) is 14.9. The Morgan fingerprint density at radius 1 is 1.09 bits per heavy atom. The van der Waals surface area contributed by atoms with E-state index in [2.05, 4.69) is 39.5 Å². The summed E-state index contributed by atoms with van der Waals surface area (Å²) in [5.74, 6) is 0. The molecule has 4 nitrogen and oxygen atoms in total. The fourth-order valence-corrected chi connectivity index (χ4v) is 3.09. The highest BCUT2D eigenvalue weighted by molar-refractivity contribution is 7.71. The topological polar surface area (TPSA) is 32.8 Å². The molecule has 126 valence electrons. The molecule has 0 radical (unpaired) electrons. The van der Waals surface area contributed by atoms with Gasteiger partial charge in [-0.2, -0.15) is 0 Å². The highest BCUT2D eigenvalue weighted by atomic mass is 32.1. The van der Waals surface area contributed by atoms with Crippen LogP contribution in [0.25, 0.3) is 0 Å². The van der Waals surface area contributed by atoms with Gasteiger partial charge in [0.1, 0.15) is 0 Å². The van der Waals surface area contributed by atoms with Gasteiger partial charge in [0.2, 0.25) is 5.43 Å². The summed E-state index contributed by atoms with van der Waals surface area (Å²) >= 11 is 5.21. The first-order chi connectivity index (χ1) is 10.2. The second-order valence-corrected chi connectivity index (χ2v) is 7.10. The maximum absolute atomic E-state index is 12.0. The van der Waals surface area contributed by atoms with Gasteiger partial charge in [0.25, 0.3) is 0 Å². The van der Waals surface area contributed by atoms with E-state index in [4.69, 9.17) is 17.0 Å². The van der Waals surface area contributed by atoms with Crippen molar-refractivity contribution in [1.82, 2.24) is 4.90 Å². The Balaban J connectivity index is 2.48. The summed E-state index contributed by atoms with van der Waals surface area (Å²) in [5.41, 5.74) is 1.70. The summed E-state index contributed by atoms with van der Waals surface area (Å²) in [4.78, 5) is 16.3. The molecule has 0 saturated carbocycles. The van der Waals surface area contributed by atoms with Crippen LogP contribution in [0.5, 0.6) is 0 Å². The Morgan fingerprint density at radius 3 is 2.14 bits per heavy atom. The molecule has 0 amide bonds. The molecule has 1 rings (SSSR count). The minimum atomic E-state index is -0.0851. The van der Waals surface area contributed by atoms with Crippen molar-refractivity contribution in [2.45, 2.75) is 40.0 Å². The predicted octanol–water partition coefficient (Wildman–Crippen LogP) is 2.74. The highest BCUT2D eigenvalue weighted by Crippen LogP contribution is 2.32. The second kappa shape index (κ2) is 8.18. The Bertz CT molecular complexity index is 537. The van der Waals surface area contributed by atoms with Crippen LogP contribution in [0, 0.1) is 4.51 Å². The molecule has 0 heterocycles. The van der Waals surface area contributed by atoms with Crippen molar-refractivity contribution >= 4 is 17.9 Å². The lowest BCUT2D eigenvalue weighted by molar-refractivity contribution is 0.112. The lowest BCUT2D eigenvalue weighted by Crippen LogP contribution is -2.36. The van der Waals surface area contributed by atoms with E-state index in [1.807, 2.05) is 11.9 Å². The van der Waals surface area contributed by atoms with E-state index in [-0.39, 0.29) is 10.8 Å². The molecule has 0 aliphatic carbocycles. The average Bonchev–Trinajstić information content (AvgIpc) is 2.45. The molecule has 0 aliphatic rings. The molecular formula is C17H30N2O2S. The molecule has 0 atom stereocenters. The zero-order valence-corrected chi connectivity index (χ0v) is 15.7. The van der Waals surface area contributed by atoms with Gasteiger partial charge in [-0.15, -0.1) is 0 Å². The lowest BCUT2D eigenvalue weighted by Gasteiger charge is -2.30. The third kappa shape index (κ3) is 4.61. The maximum Gasteiger partial charge on any atom is 0.220 e. The molecule has 0 N–H and O–H groups in total. The third-order valence-electron chi connectivity index (χ3n) is 4.03. The summed E-state index contributed by atoms with van der Waals surface area (Å²) in [7, 11) is 1.94. The third-order valence-corrected chi connectivity index (χ3v) is 4.42. The summed E-state index contributed by atoms with van der Waals surface area (Å²) < 4.78 is 6.19. The van der Waals surface area contributed by atoms with Gasteiger partial charge in [-0.1, -0.05) is 46.8 Å². The summed E-state index contributed by atoms with van der Waals surface area (Å²) in [6.07, 6.45) is 0. The fourth-order valence-electron chi connectivity index (χ4n) is 2.59. The van der Waals surface area contributed by atoms with Crippen molar-refractivity contribution in [3.63, 3.8) is 0 Å². The smallest absolute Gasteiger partial charge is 0.220 e. The standard InChI is InChI=1S/C17H30N2O2S/c1-7-19(8-2)10-12-21-11-9-18(6)14-13(17(3,4)5)16(22)15(14)20/h7-12H2,1-6H3. The zero-order chi connectivity index (χ0) is 16.9. The molecule has 0 bridgehead atoms. The van der Waals surface area contributed by atoms with Crippen molar-refractivity contribution in [3.05, 3.63) is 20.3 Å². The molecular weight excluding hydrogens is 296 g/mol. The number of nitrogens with zero attached hydrogens (tertiary/aromatic N) is 2. The first-order valence-corrected chi connectivity index (χ1v) is 8.49. The van der Waals surface area contributed by atoms with Crippen LogP contribution < -0.4 is 10.3 Å². The van der Waals surface area contributed by atoms with Gasteiger partial charge < -0.3 is 14.5 Å². The molecule has 0 saturated heterocycles. The Labute approximate surface area is 139 Å². The van der Waals surface area contributed by atoms with Gasteiger partial charge in [0.05, 0.1) is 23.4 Å². The summed E-state index contributed by atoms with van der Waals surface area (Å²) in [6, 6.07) is 0. The van der Waals surface area contributed by atoms with Crippen LogP contribution >= 0.6 is 12.2 Å². The maximum atomic E-state index is 12.0. The fraction of sp³-hybridized carbons (Fsp3) is 0.765. The quantitative estimate of drug-likeness (QED) is 0.515. The molecule has 1 aromatic carbocycles. The molecule has 1 aromatic rings. The first kappa shape index (κ1) is 19.3. The Morgan fingerprint density at radius 2 is 1.64 bits per heavy atom. The predicted molar refractivity (Wildman–Crippen MR) is 96.5 cm³/mol. The van der Waals surface area contributed by atoms with Gasteiger partial charge in [-0.25, -0.2) is 0 Å². The average molecular weight is 327 g/mol. The van der Waals surface area contributed by atoms with Crippen molar-refractivity contribution in [3.8, 4) is 0 Å². The van der Waals surface area contributed by atoms with E-state index < -0.39 is 0 Å². The van der Waals surface area contributed by atoms with Crippen LogP contribution in [0.3, 0.4) is 0 Å². The number of hydrogen-bond acceptors (Lipinski definition) is 5. The van der Waals surface area contributed by atoms with E-state index in [1.165, 1.54) is 0 Å². The lowest BCUT2D eigenvalue weighted by atomic mass is 9.82. The second-order valence-electron chi connectivity index (χ2n) is 6.69. The normalized spacial score (nSPS) is 12.3. The minimum absolute atomic E-state index is 0.00515. The van der Waals surface area contributed by atoms with Crippen LogP contribution in [0.4, 0.5) is 5.69 Å². The van der Waals surface area contributed by atoms with Gasteiger partial charge >= 0.3 is 0 Å². The molecule has 0 aromatic heterocycles. The van der Waals surface area contributed by atoms with E-state index in [1.54, 1.807) is 0 Å². The SMILES string of the molecule is CCN(CC)CCOCCN(C)c1c(C(C)(C)C)c(=S)c1=O. The Kier molecular flexibility index (Phi) is 7.16. The van der Waals surface area contributed by atoms with E-state index in [0.29, 0.717) is 17.7 Å². The van der Waals surface area contributed by atoms with Gasteiger partial charge in [-0.3, -0.25) is 4.79 Å². The van der Waals surface area contributed by atoms with Crippen LogP contribution in [-0.4, -0.2) is 51.3 Å². The summed E-state index contributed by atoms with van der Waals surface area (Å²) in [6.45, 7) is 15.7. The number of likely N-dealkylation sites (N-methyl/N-ethyl adjacent to an activating group) is 2. The van der Waals surface area contributed by atoms with E-state index >= 15 is 0 Å². The number of ether oxygens (including phenoxy) is 1.